The number of hydrogen-bond donors (Lipinski definition) is 1. The van der Waals surface area contributed by atoms with Crippen molar-refractivity contribution in [3.8, 4) is 0 Å². The van der Waals surface area contributed by atoms with Crippen molar-refractivity contribution in [2.75, 3.05) is 26.8 Å². The quantitative estimate of drug-likeness (QED) is 0.879. The fraction of sp³-hybridized carbons (Fsp3) is 0.786. The molecule has 0 aromatic carbocycles. The average Bonchev–Trinajstić information content (AvgIpc) is 2.90. The Morgan fingerprint density at radius 3 is 2.68 bits per heavy atom. The maximum atomic E-state index is 5.99. The molecule has 1 aromatic rings. The molecule has 0 radical (unpaired) electrons. The van der Waals surface area contributed by atoms with Crippen molar-refractivity contribution in [3.05, 3.63) is 18.0 Å². The summed E-state index contributed by atoms with van der Waals surface area (Å²) in [4.78, 5) is 2.39. The molecule has 0 bridgehead atoms. The smallest absolute Gasteiger partial charge is 0.0538 e. The first-order chi connectivity index (χ1) is 9.13. The van der Waals surface area contributed by atoms with Crippen LogP contribution in [0.15, 0.2) is 12.4 Å². The van der Waals surface area contributed by atoms with Crippen molar-refractivity contribution < 1.29 is 4.74 Å². The molecule has 1 aliphatic heterocycles. The Morgan fingerprint density at radius 2 is 2.16 bits per heavy atom. The first kappa shape index (κ1) is 14.5. The molecule has 1 unspecified atom stereocenters. The van der Waals surface area contributed by atoms with Gasteiger partial charge in [0.25, 0.3) is 0 Å². The monoisotopic (exact) mass is 266 g/mol. The standard InChI is InChI=1S/C14H26N4O/c1-11(2)18-10-12(9-16-18)14(8-15)17(3)13-4-6-19-7-5-13/h9-11,13-14H,4-8,15H2,1-3H3. The van der Waals surface area contributed by atoms with Crippen LogP contribution < -0.4 is 5.73 Å². The van der Waals surface area contributed by atoms with Crippen molar-refractivity contribution in [1.29, 1.82) is 0 Å². The van der Waals surface area contributed by atoms with E-state index in [1.807, 2.05) is 10.9 Å². The van der Waals surface area contributed by atoms with E-state index < -0.39 is 0 Å². The van der Waals surface area contributed by atoms with Crippen molar-refractivity contribution in [3.63, 3.8) is 0 Å². The van der Waals surface area contributed by atoms with Crippen LogP contribution in [0.25, 0.3) is 0 Å². The van der Waals surface area contributed by atoms with Gasteiger partial charge in [0.2, 0.25) is 0 Å². The summed E-state index contributed by atoms with van der Waals surface area (Å²) < 4.78 is 7.43. The fourth-order valence-corrected chi connectivity index (χ4v) is 2.69. The average molecular weight is 266 g/mol. The maximum absolute atomic E-state index is 5.99. The third kappa shape index (κ3) is 3.35. The Hall–Kier alpha value is -0.910. The molecular weight excluding hydrogens is 240 g/mol. The van der Waals surface area contributed by atoms with Gasteiger partial charge in [-0.15, -0.1) is 0 Å². The lowest BCUT2D eigenvalue weighted by Gasteiger charge is -2.36. The van der Waals surface area contributed by atoms with Crippen LogP contribution >= 0.6 is 0 Å². The van der Waals surface area contributed by atoms with E-state index in [1.54, 1.807) is 0 Å². The van der Waals surface area contributed by atoms with Gasteiger partial charge >= 0.3 is 0 Å². The Morgan fingerprint density at radius 1 is 1.47 bits per heavy atom. The molecule has 1 saturated heterocycles. The van der Waals surface area contributed by atoms with Gasteiger partial charge in [-0.3, -0.25) is 9.58 Å². The minimum atomic E-state index is 0.246. The molecule has 0 amide bonds. The number of likely N-dealkylation sites (N-methyl/N-ethyl adjacent to an activating group) is 1. The van der Waals surface area contributed by atoms with Gasteiger partial charge in [-0.1, -0.05) is 0 Å². The Labute approximate surface area is 115 Å². The summed E-state index contributed by atoms with van der Waals surface area (Å²) >= 11 is 0. The fourth-order valence-electron chi connectivity index (χ4n) is 2.69. The molecule has 0 aliphatic carbocycles. The molecule has 1 atom stereocenters. The highest BCUT2D eigenvalue weighted by atomic mass is 16.5. The molecule has 2 N–H and O–H groups in total. The second-order valence-electron chi connectivity index (χ2n) is 5.61. The topological polar surface area (TPSA) is 56.3 Å². The zero-order valence-electron chi connectivity index (χ0n) is 12.2. The van der Waals surface area contributed by atoms with Crippen LogP contribution in [0.5, 0.6) is 0 Å². The lowest BCUT2D eigenvalue weighted by Crippen LogP contribution is -2.41. The molecule has 0 spiro atoms. The molecule has 0 saturated carbocycles. The van der Waals surface area contributed by atoms with E-state index in [0.29, 0.717) is 18.6 Å². The number of rotatable bonds is 5. The summed E-state index contributed by atoms with van der Waals surface area (Å²) in [5.74, 6) is 0. The van der Waals surface area contributed by atoms with Crippen LogP contribution in [0.1, 0.15) is 44.3 Å². The molecule has 1 aliphatic rings. The molecule has 5 heteroatoms. The zero-order chi connectivity index (χ0) is 13.8. The van der Waals surface area contributed by atoms with E-state index in [9.17, 15) is 0 Å². The Bertz CT molecular complexity index is 385. The normalized spacial score (nSPS) is 19.3. The van der Waals surface area contributed by atoms with Crippen LogP contribution in [0.2, 0.25) is 0 Å². The summed E-state index contributed by atoms with van der Waals surface area (Å²) in [5, 5.41) is 4.42. The molecule has 19 heavy (non-hydrogen) atoms. The summed E-state index contributed by atoms with van der Waals surface area (Å²) in [7, 11) is 2.17. The lowest BCUT2D eigenvalue weighted by molar-refractivity contribution is 0.0293. The van der Waals surface area contributed by atoms with Crippen LogP contribution in [0, 0.1) is 0 Å². The van der Waals surface area contributed by atoms with E-state index in [-0.39, 0.29) is 6.04 Å². The SMILES string of the molecule is CC(C)n1cc(C(CN)N(C)C2CCOCC2)cn1. The second kappa shape index (κ2) is 6.50. The first-order valence-corrected chi connectivity index (χ1v) is 7.17. The summed E-state index contributed by atoms with van der Waals surface area (Å²) in [6, 6.07) is 1.20. The molecule has 108 valence electrons. The van der Waals surface area contributed by atoms with Gasteiger partial charge in [0.15, 0.2) is 0 Å². The predicted octanol–water partition coefficient (Wildman–Crippen LogP) is 1.57. The summed E-state index contributed by atoms with van der Waals surface area (Å²) in [6.45, 7) is 6.61. The minimum Gasteiger partial charge on any atom is -0.381 e. The number of nitrogens with zero attached hydrogens (tertiary/aromatic N) is 3. The maximum Gasteiger partial charge on any atom is 0.0538 e. The van der Waals surface area contributed by atoms with Gasteiger partial charge in [0.1, 0.15) is 0 Å². The van der Waals surface area contributed by atoms with Gasteiger partial charge in [-0.05, 0) is 33.7 Å². The molecular formula is C14H26N4O. The third-order valence-electron chi connectivity index (χ3n) is 4.02. The molecule has 1 fully saturated rings. The third-order valence-corrected chi connectivity index (χ3v) is 4.02. The first-order valence-electron chi connectivity index (χ1n) is 7.17. The van der Waals surface area contributed by atoms with Gasteiger partial charge < -0.3 is 10.5 Å². The van der Waals surface area contributed by atoms with E-state index in [1.165, 1.54) is 5.56 Å². The predicted molar refractivity (Wildman–Crippen MR) is 76.0 cm³/mol. The van der Waals surface area contributed by atoms with E-state index in [0.717, 1.165) is 26.1 Å². The van der Waals surface area contributed by atoms with Gasteiger partial charge in [0.05, 0.1) is 12.2 Å². The Balaban J connectivity index is 2.08. The van der Waals surface area contributed by atoms with E-state index in [4.69, 9.17) is 10.5 Å². The molecule has 1 aromatic heterocycles. The van der Waals surface area contributed by atoms with Crippen LogP contribution in [0.4, 0.5) is 0 Å². The van der Waals surface area contributed by atoms with Gasteiger partial charge in [-0.2, -0.15) is 5.10 Å². The highest BCUT2D eigenvalue weighted by Gasteiger charge is 2.26. The van der Waals surface area contributed by atoms with Crippen molar-refractivity contribution in [2.45, 2.75) is 44.8 Å². The lowest BCUT2D eigenvalue weighted by atomic mass is 10.0. The van der Waals surface area contributed by atoms with Crippen molar-refractivity contribution in [2.24, 2.45) is 5.73 Å². The summed E-state index contributed by atoms with van der Waals surface area (Å²) in [5.41, 5.74) is 7.20. The van der Waals surface area contributed by atoms with Crippen molar-refractivity contribution in [1.82, 2.24) is 14.7 Å². The minimum absolute atomic E-state index is 0.246. The van der Waals surface area contributed by atoms with Gasteiger partial charge in [0, 0.05) is 43.6 Å². The zero-order valence-corrected chi connectivity index (χ0v) is 12.2. The van der Waals surface area contributed by atoms with Gasteiger partial charge in [-0.25, -0.2) is 0 Å². The number of ether oxygens (including phenoxy) is 1. The summed E-state index contributed by atoms with van der Waals surface area (Å²) in [6.07, 6.45) is 6.25. The van der Waals surface area contributed by atoms with E-state index >= 15 is 0 Å². The number of hydrogen-bond acceptors (Lipinski definition) is 4. The highest BCUT2D eigenvalue weighted by molar-refractivity contribution is 5.12. The second-order valence-corrected chi connectivity index (χ2v) is 5.61. The van der Waals surface area contributed by atoms with Crippen LogP contribution in [-0.2, 0) is 4.74 Å². The number of aromatic nitrogens is 2. The molecule has 2 heterocycles. The highest BCUT2D eigenvalue weighted by Crippen LogP contribution is 2.25. The number of nitrogens with two attached hydrogens (primary N) is 1. The largest absolute Gasteiger partial charge is 0.381 e. The van der Waals surface area contributed by atoms with Crippen LogP contribution in [0.3, 0.4) is 0 Å². The van der Waals surface area contributed by atoms with Crippen molar-refractivity contribution >= 4 is 0 Å². The van der Waals surface area contributed by atoms with E-state index in [2.05, 4.69) is 37.1 Å². The van der Waals surface area contributed by atoms with Crippen LogP contribution in [-0.4, -0.2) is 47.5 Å². The molecule has 5 nitrogen and oxygen atoms in total. The Kier molecular flexibility index (Phi) is 4.96. The molecule has 2 rings (SSSR count).